The quantitative estimate of drug-likeness (QED) is 0.639. The van der Waals surface area contributed by atoms with Crippen LogP contribution in [0.1, 0.15) is 31.8 Å². The zero-order chi connectivity index (χ0) is 20.1. The van der Waals surface area contributed by atoms with Gasteiger partial charge in [-0.05, 0) is 55.0 Å². The van der Waals surface area contributed by atoms with Gasteiger partial charge in [0.25, 0.3) is 11.8 Å². The Labute approximate surface area is 167 Å². The zero-order valence-electron chi connectivity index (χ0n) is 15.1. The topological polar surface area (TPSA) is 58.2 Å². The third-order valence-electron chi connectivity index (χ3n) is 4.22. The van der Waals surface area contributed by atoms with Gasteiger partial charge in [-0.15, -0.1) is 0 Å². The second kappa shape index (κ2) is 8.67. The van der Waals surface area contributed by atoms with Gasteiger partial charge in [-0.2, -0.15) is 0 Å². The lowest BCUT2D eigenvalue weighted by Gasteiger charge is -2.10. The second-order valence-electron chi connectivity index (χ2n) is 6.27. The van der Waals surface area contributed by atoms with E-state index in [2.05, 4.69) is 10.6 Å². The number of carbonyl (C=O) groups excluding carboxylic acids is 2. The third kappa shape index (κ3) is 4.75. The standard InChI is InChI=1S/C22H18ClFN2O2/c1-14-11-18(23)9-10-20(14)26-22(28)16-7-4-6-15(12-16)21(27)25-13-17-5-2-3-8-19(17)24/h2-12H,13H2,1H3,(H,25,27)(H,26,28). The van der Waals surface area contributed by atoms with Crippen LogP contribution in [0.5, 0.6) is 0 Å². The van der Waals surface area contributed by atoms with Crippen molar-refractivity contribution >= 4 is 29.1 Å². The minimum Gasteiger partial charge on any atom is -0.348 e. The lowest BCUT2D eigenvalue weighted by Crippen LogP contribution is -2.24. The van der Waals surface area contributed by atoms with Crippen molar-refractivity contribution in [2.75, 3.05) is 5.32 Å². The van der Waals surface area contributed by atoms with Crippen molar-refractivity contribution in [1.29, 1.82) is 0 Å². The smallest absolute Gasteiger partial charge is 0.255 e. The van der Waals surface area contributed by atoms with Gasteiger partial charge < -0.3 is 10.6 Å². The Morgan fingerprint density at radius 3 is 2.36 bits per heavy atom. The summed E-state index contributed by atoms with van der Waals surface area (Å²) in [6, 6.07) is 17.7. The molecule has 3 aromatic rings. The molecule has 28 heavy (non-hydrogen) atoms. The van der Waals surface area contributed by atoms with E-state index in [1.54, 1.807) is 54.6 Å². The molecule has 4 nitrogen and oxygen atoms in total. The van der Waals surface area contributed by atoms with Crippen molar-refractivity contribution in [2.45, 2.75) is 13.5 Å². The van der Waals surface area contributed by atoms with Gasteiger partial charge in [-0.1, -0.05) is 35.9 Å². The minimum absolute atomic E-state index is 0.0614. The van der Waals surface area contributed by atoms with E-state index < -0.39 is 0 Å². The van der Waals surface area contributed by atoms with E-state index in [-0.39, 0.29) is 24.2 Å². The van der Waals surface area contributed by atoms with E-state index in [0.717, 1.165) is 5.56 Å². The molecule has 0 fully saturated rings. The van der Waals surface area contributed by atoms with Gasteiger partial charge >= 0.3 is 0 Å². The fourth-order valence-electron chi connectivity index (χ4n) is 2.68. The van der Waals surface area contributed by atoms with Gasteiger partial charge in [-0.3, -0.25) is 9.59 Å². The molecule has 2 amide bonds. The zero-order valence-corrected chi connectivity index (χ0v) is 15.9. The molecule has 0 atom stereocenters. The van der Waals surface area contributed by atoms with Gasteiger partial charge in [0, 0.05) is 33.9 Å². The molecule has 142 valence electrons. The van der Waals surface area contributed by atoms with Gasteiger partial charge in [0.05, 0.1) is 0 Å². The van der Waals surface area contributed by atoms with Gasteiger partial charge in [-0.25, -0.2) is 4.39 Å². The molecule has 0 saturated heterocycles. The first-order valence-corrected chi connectivity index (χ1v) is 9.01. The Morgan fingerprint density at radius 2 is 1.64 bits per heavy atom. The first-order chi connectivity index (χ1) is 13.4. The maximum atomic E-state index is 13.7. The summed E-state index contributed by atoms with van der Waals surface area (Å²) in [5.74, 6) is -1.11. The van der Waals surface area contributed by atoms with Gasteiger partial charge in [0.1, 0.15) is 5.82 Å². The Bertz CT molecular complexity index is 1040. The number of hydrogen-bond donors (Lipinski definition) is 2. The average Bonchev–Trinajstić information content (AvgIpc) is 2.69. The van der Waals surface area contributed by atoms with Crippen LogP contribution in [0.15, 0.2) is 66.7 Å². The van der Waals surface area contributed by atoms with E-state index >= 15 is 0 Å². The summed E-state index contributed by atoms with van der Waals surface area (Å²) < 4.78 is 13.7. The van der Waals surface area contributed by atoms with Crippen molar-refractivity contribution in [1.82, 2.24) is 5.32 Å². The predicted molar refractivity (Wildman–Crippen MR) is 108 cm³/mol. The number of halogens is 2. The van der Waals surface area contributed by atoms with Gasteiger partial charge in [0.2, 0.25) is 0 Å². The number of amides is 2. The molecule has 0 spiro atoms. The molecule has 0 heterocycles. The summed E-state index contributed by atoms with van der Waals surface area (Å²) in [6.45, 7) is 1.90. The number of hydrogen-bond acceptors (Lipinski definition) is 2. The summed E-state index contributed by atoms with van der Waals surface area (Å²) in [5, 5.41) is 6.06. The lowest BCUT2D eigenvalue weighted by molar-refractivity contribution is 0.0950. The maximum Gasteiger partial charge on any atom is 0.255 e. The van der Waals surface area contributed by atoms with Crippen molar-refractivity contribution in [2.24, 2.45) is 0 Å². The molecule has 0 bridgehead atoms. The largest absolute Gasteiger partial charge is 0.348 e. The minimum atomic E-state index is -0.388. The third-order valence-corrected chi connectivity index (χ3v) is 4.46. The Kier molecular flexibility index (Phi) is 6.06. The van der Waals surface area contributed by atoms with Crippen LogP contribution in [-0.4, -0.2) is 11.8 Å². The fraction of sp³-hybridized carbons (Fsp3) is 0.0909. The molecule has 0 aromatic heterocycles. The van der Waals surface area contributed by atoms with Crippen LogP contribution >= 0.6 is 11.6 Å². The van der Waals surface area contributed by atoms with Crippen LogP contribution in [0.2, 0.25) is 5.02 Å². The van der Waals surface area contributed by atoms with Crippen molar-refractivity contribution in [3.05, 3.63) is 99.8 Å². The number of rotatable bonds is 5. The monoisotopic (exact) mass is 396 g/mol. The normalized spacial score (nSPS) is 10.4. The fourth-order valence-corrected chi connectivity index (χ4v) is 2.91. The lowest BCUT2D eigenvalue weighted by atomic mass is 10.1. The molecular formula is C22H18ClFN2O2. The van der Waals surface area contributed by atoms with E-state index in [1.165, 1.54) is 12.1 Å². The molecule has 3 rings (SSSR count). The highest BCUT2D eigenvalue weighted by Crippen LogP contribution is 2.20. The number of nitrogens with one attached hydrogen (secondary N) is 2. The average molecular weight is 397 g/mol. The van der Waals surface area contributed by atoms with E-state index in [4.69, 9.17) is 11.6 Å². The highest BCUT2D eigenvalue weighted by atomic mass is 35.5. The van der Waals surface area contributed by atoms with E-state index in [1.807, 2.05) is 6.92 Å². The first-order valence-electron chi connectivity index (χ1n) is 8.63. The SMILES string of the molecule is Cc1cc(Cl)ccc1NC(=O)c1cccc(C(=O)NCc2ccccc2F)c1. The van der Waals surface area contributed by atoms with Crippen LogP contribution in [0.25, 0.3) is 0 Å². The van der Waals surface area contributed by atoms with Crippen LogP contribution in [0.4, 0.5) is 10.1 Å². The first kappa shape index (κ1) is 19.6. The van der Waals surface area contributed by atoms with Crippen LogP contribution in [0, 0.1) is 12.7 Å². The van der Waals surface area contributed by atoms with Crippen LogP contribution in [0.3, 0.4) is 0 Å². The van der Waals surface area contributed by atoms with Crippen molar-refractivity contribution < 1.29 is 14.0 Å². The molecule has 3 aromatic carbocycles. The number of aryl methyl sites for hydroxylation is 1. The summed E-state index contributed by atoms with van der Waals surface area (Å²) in [5.41, 5.74) is 2.52. The Hall–Kier alpha value is -3.18. The molecule has 2 N–H and O–H groups in total. The van der Waals surface area contributed by atoms with Crippen molar-refractivity contribution in [3.63, 3.8) is 0 Å². The Balaban J connectivity index is 1.69. The summed E-state index contributed by atoms with van der Waals surface area (Å²) >= 11 is 5.93. The van der Waals surface area contributed by atoms with Crippen molar-refractivity contribution in [3.8, 4) is 0 Å². The Morgan fingerprint density at radius 1 is 0.929 bits per heavy atom. The summed E-state index contributed by atoms with van der Waals surface area (Å²) in [6.07, 6.45) is 0. The number of benzene rings is 3. The maximum absolute atomic E-state index is 13.7. The second-order valence-corrected chi connectivity index (χ2v) is 6.70. The molecule has 0 saturated carbocycles. The van der Waals surface area contributed by atoms with E-state index in [9.17, 15) is 14.0 Å². The molecule has 0 aliphatic carbocycles. The van der Waals surface area contributed by atoms with Crippen LogP contribution in [-0.2, 0) is 6.54 Å². The molecular weight excluding hydrogens is 379 g/mol. The molecule has 0 unspecified atom stereocenters. The molecule has 0 aliphatic heterocycles. The molecule has 0 radical (unpaired) electrons. The van der Waals surface area contributed by atoms with E-state index in [0.29, 0.717) is 27.4 Å². The molecule has 6 heteroatoms. The molecule has 0 aliphatic rings. The van der Waals surface area contributed by atoms with Crippen LogP contribution < -0.4 is 10.6 Å². The van der Waals surface area contributed by atoms with Gasteiger partial charge in [0.15, 0.2) is 0 Å². The number of carbonyl (C=O) groups is 2. The predicted octanol–water partition coefficient (Wildman–Crippen LogP) is 4.97. The summed E-state index contributed by atoms with van der Waals surface area (Å²) in [4.78, 5) is 24.9. The number of anilines is 1. The highest BCUT2D eigenvalue weighted by Gasteiger charge is 2.12. The highest BCUT2D eigenvalue weighted by molar-refractivity contribution is 6.30. The summed E-state index contributed by atoms with van der Waals surface area (Å²) in [7, 11) is 0.